The van der Waals surface area contributed by atoms with Gasteiger partial charge in [-0.3, -0.25) is 9.69 Å². The Morgan fingerprint density at radius 2 is 1.90 bits per heavy atom. The molecule has 0 radical (unpaired) electrons. The number of carbonyl (C=O) groups is 1. The van der Waals surface area contributed by atoms with Crippen molar-refractivity contribution in [1.29, 1.82) is 0 Å². The van der Waals surface area contributed by atoms with E-state index in [1.165, 1.54) is 0 Å². The third-order valence-electron chi connectivity index (χ3n) is 6.82. The number of halogens is 1. The molecular formula is C23H31FN6O. The predicted octanol–water partition coefficient (Wildman–Crippen LogP) is 1.60. The Morgan fingerprint density at radius 3 is 2.61 bits per heavy atom. The van der Waals surface area contributed by atoms with Gasteiger partial charge in [-0.25, -0.2) is 9.07 Å². The van der Waals surface area contributed by atoms with E-state index in [2.05, 4.69) is 33.3 Å². The number of hydrogen-bond donors (Lipinski definition) is 1. The molecule has 1 aromatic heterocycles. The van der Waals surface area contributed by atoms with Crippen LogP contribution in [0.5, 0.6) is 0 Å². The van der Waals surface area contributed by atoms with E-state index in [0.29, 0.717) is 19.0 Å². The van der Waals surface area contributed by atoms with Crippen molar-refractivity contribution in [2.75, 3.05) is 50.7 Å². The number of para-hydroxylation sites is 1. The monoisotopic (exact) mass is 426 g/mol. The van der Waals surface area contributed by atoms with Gasteiger partial charge in [0.05, 0.1) is 24.0 Å². The van der Waals surface area contributed by atoms with Crippen LogP contribution in [0.15, 0.2) is 36.4 Å². The number of nitrogens with zero attached hydrogens (tertiary/aromatic N) is 5. The minimum absolute atomic E-state index is 0.0727. The maximum absolute atomic E-state index is 13.5. The van der Waals surface area contributed by atoms with Gasteiger partial charge in [-0.1, -0.05) is 18.2 Å². The van der Waals surface area contributed by atoms with Crippen molar-refractivity contribution in [3.8, 4) is 5.69 Å². The zero-order valence-electron chi connectivity index (χ0n) is 18.1. The van der Waals surface area contributed by atoms with Crippen LogP contribution in [0.25, 0.3) is 5.69 Å². The van der Waals surface area contributed by atoms with E-state index in [1.807, 2.05) is 29.8 Å². The van der Waals surface area contributed by atoms with Crippen molar-refractivity contribution in [1.82, 2.24) is 24.9 Å². The number of rotatable bonds is 4. The summed E-state index contributed by atoms with van der Waals surface area (Å²) in [6, 6.07) is 12.6. The molecule has 31 heavy (non-hydrogen) atoms. The zero-order chi connectivity index (χ0) is 21.4. The van der Waals surface area contributed by atoms with Gasteiger partial charge in [-0.15, -0.1) is 0 Å². The molecule has 3 atom stereocenters. The lowest BCUT2D eigenvalue weighted by atomic mass is 10.1. The number of benzene rings is 1. The second-order valence-electron chi connectivity index (χ2n) is 8.93. The standard InChI is InChI=1S/C23H31FN6O/c1-17-13-22(30(26-17)19-5-3-2-4-6-19)28-11-9-27(10-12-28)20-14-21(25-15-20)23(31)29-8-7-18(24)16-29/h2-6,13,18,20-21,25H,7-12,14-16H2,1H3/t18?,20-,21-/m0/s1. The predicted molar refractivity (Wildman–Crippen MR) is 118 cm³/mol. The summed E-state index contributed by atoms with van der Waals surface area (Å²) in [5.41, 5.74) is 2.09. The molecule has 3 aliphatic heterocycles. The number of aromatic nitrogens is 2. The Hall–Kier alpha value is -2.45. The lowest BCUT2D eigenvalue weighted by molar-refractivity contribution is -0.132. The van der Waals surface area contributed by atoms with E-state index in [4.69, 9.17) is 5.10 Å². The molecule has 1 aromatic carbocycles. The Labute approximate surface area is 182 Å². The second-order valence-corrected chi connectivity index (χ2v) is 8.93. The lowest BCUT2D eigenvalue weighted by Gasteiger charge is -2.38. The first-order chi connectivity index (χ1) is 15.1. The molecule has 2 aromatic rings. The van der Waals surface area contributed by atoms with Gasteiger partial charge in [0.2, 0.25) is 5.91 Å². The molecule has 8 heteroatoms. The smallest absolute Gasteiger partial charge is 0.239 e. The Kier molecular flexibility index (Phi) is 5.67. The molecule has 4 heterocycles. The van der Waals surface area contributed by atoms with Crippen molar-refractivity contribution >= 4 is 11.7 Å². The largest absolute Gasteiger partial charge is 0.354 e. The maximum atomic E-state index is 13.5. The van der Waals surface area contributed by atoms with E-state index < -0.39 is 6.17 Å². The van der Waals surface area contributed by atoms with Crippen LogP contribution in [-0.4, -0.2) is 89.6 Å². The van der Waals surface area contributed by atoms with Crippen molar-refractivity contribution < 1.29 is 9.18 Å². The van der Waals surface area contributed by atoms with Gasteiger partial charge in [-0.05, 0) is 31.9 Å². The highest BCUT2D eigenvalue weighted by Gasteiger charge is 2.38. The fourth-order valence-electron chi connectivity index (χ4n) is 5.11. The first kappa shape index (κ1) is 20.5. The van der Waals surface area contributed by atoms with E-state index in [-0.39, 0.29) is 18.5 Å². The van der Waals surface area contributed by atoms with Gasteiger partial charge < -0.3 is 15.1 Å². The summed E-state index contributed by atoms with van der Waals surface area (Å²) < 4.78 is 15.5. The van der Waals surface area contributed by atoms with Crippen LogP contribution in [0, 0.1) is 6.92 Å². The van der Waals surface area contributed by atoms with Gasteiger partial charge in [0, 0.05) is 51.4 Å². The highest BCUT2D eigenvalue weighted by atomic mass is 19.1. The summed E-state index contributed by atoms with van der Waals surface area (Å²) in [5.74, 6) is 1.21. The van der Waals surface area contributed by atoms with Gasteiger partial charge in [0.15, 0.2) is 0 Å². The van der Waals surface area contributed by atoms with Crippen molar-refractivity contribution in [3.63, 3.8) is 0 Å². The lowest BCUT2D eigenvalue weighted by Crippen LogP contribution is -2.51. The maximum Gasteiger partial charge on any atom is 0.239 e. The number of aryl methyl sites for hydroxylation is 1. The number of hydrogen-bond acceptors (Lipinski definition) is 5. The van der Waals surface area contributed by atoms with Crippen molar-refractivity contribution in [2.45, 2.75) is 38.0 Å². The zero-order valence-corrected chi connectivity index (χ0v) is 18.1. The first-order valence-electron chi connectivity index (χ1n) is 11.4. The van der Waals surface area contributed by atoms with Gasteiger partial charge in [0.1, 0.15) is 12.0 Å². The highest BCUT2D eigenvalue weighted by Crippen LogP contribution is 2.25. The van der Waals surface area contributed by atoms with E-state index >= 15 is 0 Å². The fourth-order valence-corrected chi connectivity index (χ4v) is 5.11. The molecule has 0 aliphatic carbocycles. The molecule has 7 nitrogen and oxygen atoms in total. The third kappa shape index (κ3) is 4.19. The van der Waals surface area contributed by atoms with Crippen LogP contribution in [-0.2, 0) is 4.79 Å². The summed E-state index contributed by atoms with van der Waals surface area (Å²) >= 11 is 0. The van der Waals surface area contributed by atoms with Gasteiger partial charge >= 0.3 is 0 Å². The van der Waals surface area contributed by atoms with Gasteiger partial charge in [-0.2, -0.15) is 5.10 Å². The number of nitrogens with one attached hydrogen (secondary N) is 1. The summed E-state index contributed by atoms with van der Waals surface area (Å²) in [6.45, 7) is 7.46. The summed E-state index contributed by atoms with van der Waals surface area (Å²) in [7, 11) is 0. The molecule has 0 saturated carbocycles. The summed E-state index contributed by atoms with van der Waals surface area (Å²) in [4.78, 5) is 19.3. The fraction of sp³-hybridized carbons (Fsp3) is 0.565. The van der Waals surface area contributed by atoms with Crippen LogP contribution in [0.4, 0.5) is 10.2 Å². The minimum atomic E-state index is -0.859. The number of piperazine rings is 1. The van der Waals surface area contributed by atoms with E-state index in [9.17, 15) is 9.18 Å². The molecule has 0 bridgehead atoms. The number of carbonyl (C=O) groups excluding carboxylic acids is 1. The first-order valence-corrected chi connectivity index (χ1v) is 11.4. The van der Waals surface area contributed by atoms with Crippen LogP contribution in [0.1, 0.15) is 18.5 Å². The molecule has 0 spiro atoms. The summed E-state index contributed by atoms with van der Waals surface area (Å²) in [5, 5.41) is 8.10. The van der Waals surface area contributed by atoms with Crippen molar-refractivity contribution in [2.24, 2.45) is 0 Å². The quantitative estimate of drug-likeness (QED) is 0.805. The average Bonchev–Trinajstić information content (AvgIpc) is 3.54. The Bertz CT molecular complexity index is 910. The molecule has 3 fully saturated rings. The van der Waals surface area contributed by atoms with Crippen LogP contribution >= 0.6 is 0 Å². The van der Waals surface area contributed by atoms with Crippen molar-refractivity contribution in [3.05, 3.63) is 42.1 Å². The molecule has 1 N–H and O–H groups in total. The number of anilines is 1. The topological polar surface area (TPSA) is 56.6 Å². The van der Waals surface area contributed by atoms with E-state index in [0.717, 1.165) is 56.3 Å². The van der Waals surface area contributed by atoms with Crippen LogP contribution in [0.2, 0.25) is 0 Å². The molecule has 166 valence electrons. The normalized spacial score (nSPS) is 27.2. The molecule has 3 saturated heterocycles. The van der Waals surface area contributed by atoms with Crippen LogP contribution in [0.3, 0.4) is 0 Å². The molecule has 3 aliphatic rings. The number of alkyl halides is 1. The Morgan fingerprint density at radius 1 is 1.13 bits per heavy atom. The van der Waals surface area contributed by atoms with Crippen LogP contribution < -0.4 is 10.2 Å². The second kappa shape index (κ2) is 8.59. The third-order valence-corrected chi connectivity index (χ3v) is 6.82. The number of amides is 1. The molecule has 1 unspecified atom stereocenters. The highest BCUT2D eigenvalue weighted by molar-refractivity contribution is 5.82. The molecule has 5 rings (SSSR count). The van der Waals surface area contributed by atoms with Gasteiger partial charge in [0.25, 0.3) is 0 Å². The minimum Gasteiger partial charge on any atom is -0.354 e. The molecule has 1 amide bonds. The average molecular weight is 427 g/mol. The number of likely N-dealkylation sites (tertiary alicyclic amines) is 1. The molecular weight excluding hydrogens is 395 g/mol. The van der Waals surface area contributed by atoms with E-state index in [1.54, 1.807) is 4.90 Å². The Balaban J connectivity index is 1.19. The summed E-state index contributed by atoms with van der Waals surface area (Å²) in [6.07, 6.45) is 0.429. The SMILES string of the molecule is Cc1cc(N2CCN([C@@H]3CN[C@H](C(=O)N4CCC(F)C4)C3)CC2)n(-c2ccccc2)n1.